The fourth-order valence-corrected chi connectivity index (χ4v) is 13.9. The molecule has 0 aliphatic carbocycles. The largest absolute Gasteiger partial charge is 0.507 e. The summed E-state index contributed by atoms with van der Waals surface area (Å²) in [4.78, 5) is 122. The van der Waals surface area contributed by atoms with Crippen molar-refractivity contribution in [1.82, 2.24) is 9.80 Å². The number of rotatable bonds is 17. The number of carbonyl (C=O) groups excluding carboxylic acids is 5. The Labute approximate surface area is 488 Å². The summed E-state index contributed by atoms with van der Waals surface area (Å²) in [7, 11) is -9.37. The van der Waals surface area contributed by atoms with Gasteiger partial charge in [-0.15, -0.1) is 0 Å². The lowest BCUT2D eigenvalue weighted by Gasteiger charge is -2.39. The third kappa shape index (κ3) is 15.3. The molecule has 9 atom stereocenters. The van der Waals surface area contributed by atoms with Crippen LogP contribution in [0.15, 0.2) is 46.1 Å². The van der Waals surface area contributed by atoms with Crippen molar-refractivity contribution in [2.24, 2.45) is 39.6 Å². The Morgan fingerprint density at radius 1 is 0.893 bits per heavy atom. The predicted molar refractivity (Wildman–Crippen MR) is 306 cm³/mol. The number of benzene rings is 2. The second-order valence-electron chi connectivity index (χ2n) is 23.1. The van der Waals surface area contributed by atoms with E-state index in [4.69, 9.17) is 38.4 Å². The first-order chi connectivity index (χ1) is 39.2. The number of phenolic OH excluding ortho intramolecular Hbond substituents is 2. The van der Waals surface area contributed by atoms with E-state index in [0.29, 0.717) is 38.3 Å². The Hall–Kier alpha value is -5.59. The van der Waals surface area contributed by atoms with Crippen molar-refractivity contribution in [3.05, 3.63) is 58.0 Å². The van der Waals surface area contributed by atoms with Gasteiger partial charge >= 0.3 is 38.9 Å². The van der Waals surface area contributed by atoms with E-state index in [0.717, 1.165) is 6.54 Å². The van der Waals surface area contributed by atoms with E-state index in [9.17, 15) is 68.0 Å². The number of likely N-dealkylation sites (tertiary alicyclic amines) is 1. The second kappa shape index (κ2) is 27.4. The number of piperidine rings is 1. The summed E-state index contributed by atoms with van der Waals surface area (Å²) in [6.45, 7) is 18.6. The molecular formula is C57H83N5O20P2. The Morgan fingerprint density at radius 3 is 2.12 bits per heavy atom. The van der Waals surface area contributed by atoms with Crippen molar-refractivity contribution in [3.63, 3.8) is 0 Å². The van der Waals surface area contributed by atoms with Crippen molar-refractivity contribution in [3.8, 4) is 17.2 Å². The normalized spacial score (nSPS) is 27.4. The third-order valence-electron chi connectivity index (χ3n) is 16.1. The van der Waals surface area contributed by atoms with E-state index >= 15 is 0 Å². The van der Waals surface area contributed by atoms with Crippen molar-refractivity contribution in [2.45, 2.75) is 150 Å². The van der Waals surface area contributed by atoms with Crippen LogP contribution in [-0.4, -0.2) is 169 Å². The van der Waals surface area contributed by atoms with Crippen LogP contribution in [0.1, 0.15) is 117 Å². The zero-order valence-electron chi connectivity index (χ0n) is 49.8. The molecule has 1 fully saturated rings. The Morgan fingerprint density at radius 2 is 1.52 bits per heavy atom. The van der Waals surface area contributed by atoms with Crippen LogP contribution in [0.3, 0.4) is 0 Å². The Kier molecular flexibility index (Phi) is 22.0. The molecule has 5 bridgehead atoms. The van der Waals surface area contributed by atoms with E-state index in [1.165, 1.54) is 64.2 Å². The maximum absolute atomic E-state index is 15.0. The Bertz CT molecular complexity index is 3130. The highest BCUT2D eigenvalue weighted by Crippen LogP contribution is 2.61. The number of methoxy groups -OCH3 is 1. The van der Waals surface area contributed by atoms with Gasteiger partial charge in [-0.25, -0.2) is 0 Å². The maximum Gasteiger partial charge on any atom is 0.340 e. The van der Waals surface area contributed by atoms with Gasteiger partial charge in [0.1, 0.15) is 41.4 Å². The van der Waals surface area contributed by atoms with Crippen molar-refractivity contribution < 1.29 is 96.4 Å². The number of esters is 3. The number of hydrogen-bond acceptors (Lipinski definition) is 20. The standard InChI is InChI=1S/C57H83N5O20P2/c1-13-15-39(64)78-27-25-61(22-18-41(83(71,72)73)84(74,75)76)29-40(65)81-51-31(4)16-14-17-32(5)55(70)58-47-46-45(59-57(60-46)20-23-62(24-21-57)28-30(2)3)42-43(50(47)68)49(67)36(9)53-44(42)54(69)56(11,82-53)79-26-19-38(77-12)33(6)52(80-37(10)63)35(8)48(66)34(51)7/h14,16-17,19,26,30-31,33-35,38,41,48,51-52,66-68H,13,15,18,20-25,27-29H2,1-12H3,(H,58,70)(H2,71,72,73)(H2,74,75,76)/b16-14+,26-19+,32-17-/t31-,33+,34-,35+,38-,48+,51-,52+,56-/m0/s1. The molecule has 2 aromatic rings. The van der Waals surface area contributed by atoms with E-state index in [1.54, 1.807) is 40.7 Å². The molecule has 5 aliphatic rings. The van der Waals surface area contributed by atoms with E-state index in [2.05, 4.69) is 24.1 Å². The van der Waals surface area contributed by atoms with E-state index < -0.39 is 141 Å². The zero-order valence-corrected chi connectivity index (χ0v) is 51.6. The number of Topliss-reactive ketones (excluding diaryl/α,β-unsaturated/α-hetero) is 1. The highest BCUT2D eigenvalue weighted by atomic mass is 31.2. The van der Waals surface area contributed by atoms with Gasteiger partial charge in [-0.3, -0.25) is 48.0 Å². The van der Waals surface area contributed by atoms with Gasteiger partial charge in [0.2, 0.25) is 0 Å². The molecule has 0 unspecified atom stereocenters. The molecule has 0 saturated carbocycles. The number of carbonyl (C=O) groups is 5. The van der Waals surface area contributed by atoms with Gasteiger partial charge in [-0.1, -0.05) is 66.7 Å². The summed E-state index contributed by atoms with van der Waals surface area (Å²) in [5.74, 6) is -9.92. The lowest BCUT2D eigenvalue weighted by atomic mass is 9.78. The fraction of sp³-hybridized carbons (Fsp3) is 0.632. The quantitative estimate of drug-likeness (QED) is 0.0446. The summed E-state index contributed by atoms with van der Waals surface area (Å²) in [5.41, 5.74) is -1.10. The van der Waals surface area contributed by atoms with Gasteiger partial charge in [0.25, 0.3) is 11.7 Å². The fourth-order valence-electron chi connectivity index (χ4n) is 11.4. The van der Waals surface area contributed by atoms with Crippen LogP contribution in [0.2, 0.25) is 0 Å². The van der Waals surface area contributed by atoms with E-state index in [1.807, 2.05) is 0 Å². The SMILES string of the molecule is CCCC(=O)OCCN(CCC(P(=O)(O)O)P(=O)(O)O)CC(=O)O[C@@H]1[C@@H](C)[C@@H](O)[C@@H](C)[C@H](OC(C)=O)[C@H](C)[C@@H](OC)/C=C/O[C@@]2(C)Oc3c(C)c(O)c4c(O)c(c5c(c4c3C2=O)=NC2(CCN(CC(C)C)CC2)N=5)NC(=O)/C(C)=C\C=C\[C@@H]1C. The van der Waals surface area contributed by atoms with E-state index in [-0.39, 0.29) is 69.2 Å². The van der Waals surface area contributed by atoms with Crippen molar-refractivity contribution >= 4 is 61.2 Å². The molecule has 0 radical (unpaired) electrons. The predicted octanol–water partition coefficient (Wildman–Crippen LogP) is 5.02. The van der Waals surface area contributed by atoms with Gasteiger partial charge in [-0.05, 0) is 38.7 Å². The molecule has 27 heteroatoms. The number of nitrogens with one attached hydrogen (secondary N) is 1. The smallest absolute Gasteiger partial charge is 0.340 e. The van der Waals surface area contributed by atoms with Crippen LogP contribution >= 0.6 is 15.2 Å². The highest BCUT2D eigenvalue weighted by Gasteiger charge is 2.51. The lowest BCUT2D eigenvalue weighted by molar-refractivity contribution is -0.166. The minimum absolute atomic E-state index is 0.0306. The average molecular weight is 1220 g/mol. The summed E-state index contributed by atoms with van der Waals surface area (Å²) in [5, 5.41) is 37.2. The minimum atomic E-state index is -5.38. The first-order valence-corrected chi connectivity index (χ1v) is 31.6. The number of amides is 1. The summed E-state index contributed by atoms with van der Waals surface area (Å²) in [6.07, 6.45) is 3.15. The third-order valence-corrected chi connectivity index (χ3v) is 19.9. The first-order valence-electron chi connectivity index (χ1n) is 28.3. The molecule has 2 aromatic carbocycles. The molecule has 1 amide bonds. The van der Waals surface area contributed by atoms with Crippen LogP contribution < -0.4 is 20.8 Å². The molecule has 25 nitrogen and oxygen atoms in total. The molecule has 84 heavy (non-hydrogen) atoms. The van der Waals surface area contributed by atoms with Crippen molar-refractivity contribution in [2.75, 3.05) is 58.3 Å². The number of ether oxygens (including phenoxy) is 6. The topological polar surface area (TPSA) is 360 Å². The number of aromatic hydroxyl groups is 2. The maximum atomic E-state index is 15.0. The highest BCUT2D eigenvalue weighted by molar-refractivity contribution is 7.70. The first kappa shape index (κ1) is 67.5. The number of phenols is 2. The van der Waals surface area contributed by atoms with Gasteiger partial charge in [0.05, 0.1) is 41.3 Å². The van der Waals surface area contributed by atoms with Gasteiger partial charge in [0, 0.05) is 113 Å². The number of aliphatic hydroxyl groups is 1. The van der Waals surface area contributed by atoms with Crippen LogP contribution in [0, 0.1) is 36.5 Å². The van der Waals surface area contributed by atoms with Gasteiger partial charge in [-0.2, -0.15) is 0 Å². The molecule has 1 spiro atoms. The van der Waals surface area contributed by atoms with Crippen LogP contribution in [0.4, 0.5) is 5.69 Å². The monoisotopic (exact) mass is 1220 g/mol. The lowest BCUT2D eigenvalue weighted by Crippen LogP contribution is -2.48. The molecule has 0 aromatic heterocycles. The summed E-state index contributed by atoms with van der Waals surface area (Å²) in [6, 6.07) is 0. The molecule has 5 aliphatic heterocycles. The minimum Gasteiger partial charge on any atom is -0.507 e. The molecule has 466 valence electrons. The number of ketones is 1. The van der Waals surface area contributed by atoms with Crippen LogP contribution in [-0.2, 0) is 52.0 Å². The molecule has 5 heterocycles. The number of anilines is 1. The average Bonchev–Trinajstić information content (AvgIpc) is 1.53. The summed E-state index contributed by atoms with van der Waals surface area (Å²) < 4.78 is 60.2. The molecule has 8 N–H and O–H groups in total. The van der Waals surface area contributed by atoms with Gasteiger partial charge < -0.3 is 73.5 Å². The number of allylic oxidation sites excluding steroid dienone is 2. The number of hydrogen-bond donors (Lipinski definition) is 8. The number of nitrogens with zero attached hydrogens (tertiary/aromatic N) is 4. The van der Waals surface area contributed by atoms with Crippen LogP contribution in [0.5, 0.6) is 17.2 Å². The molecule has 1 saturated heterocycles. The Balaban J connectivity index is 1.46. The van der Waals surface area contributed by atoms with Crippen LogP contribution in [0.25, 0.3) is 10.8 Å². The number of aliphatic hydroxyl groups excluding tert-OH is 1. The molecular weight excluding hydrogens is 1140 g/mol. The number of fused-ring (bicyclic) bond motifs is 13. The summed E-state index contributed by atoms with van der Waals surface area (Å²) >= 11 is 0. The van der Waals surface area contributed by atoms with Crippen molar-refractivity contribution in [1.29, 1.82) is 0 Å². The van der Waals surface area contributed by atoms with Gasteiger partial charge in [0.15, 0.2) is 16.8 Å². The zero-order chi connectivity index (χ0) is 62.6. The molecule has 7 rings (SSSR count). The second-order valence-corrected chi connectivity index (χ2v) is 27.1.